The predicted octanol–water partition coefficient (Wildman–Crippen LogP) is 2.55. The van der Waals surface area contributed by atoms with E-state index >= 15 is 0 Å². The summed E-state index contributed by atoms with van der Waals surface area (Å²) >= 11 is 0. The molecule has 0 unspecified atom stereocenters. The summed E-state index contributed by atoms with van der Waals surface area (Å²) < 4.78 is 31.9. The molecule has 1 aromatic rings. The second-order valence-corrected chi connectivity index (χ2v) is 7.18. The van der Waals surface area contributed by atoms with Gasteiger partial charge in [-0.05, 0) is 58.9 Å². The third-order valence-electron chi connectivity index (χ3n) is 1.95. The Labute approximate surface area is 109 Å². The molecule has 0 radical (unpaired) electrons. The van der Waals surface area contributed by atoms with Crippen molar-refractivity contribution in [3.8, 4) is 5.75 Å². The van der Waals surface area contributed by atoms with Gasteiger partial charge >= 0.3 is 0 Å². The Balaban J connectivity index is 2.90. The van der Waals surface area contributed by atoms with Gasteiger partial charge in [-0.2, -0.15) is 0 Å². The summed E-state index contributed by atoms with van der Waals surface area (Å²) in [6.07, 6.45) is 0. The lowest BCUT2D eigenvalue weighted by Gasteiger charge is -2.21. The van der Waals surface area contributed by atoms with Crippen LogP contribution >= 0.6 is 0 Å². The smallest absolute Gasteiger partial charge is 0.240 e. The number of hydrogen-bond donors (Lipinski definition) is 1. The molecule has 102 valence electrons. The first-order chi connectivity index (χ1) is 8.10. The molecule has 0 amide bonds. The van der Waals surface area contributed by atoms with Crippen LogP contribution in [0.25, 0.3) is 0 Å². The third kappa shape index (κ3) is 4.66. The maximum atomic E-state index is 11.9. The van der Waals surface area contributed by atoms with Crippen molar-refractivity contribution >= 4 is 10.0 Å². The largest absolute Gasteiger partial charge is 0.488 e. The first-order valence-electron chi connectivity index (χ1n) is 5.91. The molecule has 1 rings (SSSR count). The minimum atomic E-state index is -3.43. The molecule has 0 spiro atoms. The maximum absolute atomic E-state index is 11.9. The fraction of sp³-hybridized carbons (Fsp3) is 0.538. The molecule has 0 aliphatic carbocycles. The van der Waals surface area contributed by atoms with Gasteiger partial charge in [0.05, 0.1) is 4.90 Å². The van der Waals surface area contributed by atoms with Crippen molar-refractivity contribution in [3.05, 3.63) is 24.3 Å². The van der Waals surface area contributed by atoms with E-state index in [1.54, 1.807) is 38.1 Å². The molecular weight excluding hydrogens is 250 g/mol. The normalized spacial score (nSPS) is 12.8. The lowest BCUT2D eigenvalue weighted by Crippen LogP contribution is -2.30. The van der Waals surface area contributed by atoms with Gasteiger partial charge in [-0.1, -0.05) is 0 Å². The zero-order chi connectivity index (χ0) is 14.0. The van der Waals surface area contributed by atoms with Crippen LogP contribution in [-0.4, -0.2) is 20.1 Å². The van der Waals surface area contributed by atoms with Gasteiger partial charge < -0.3 is 4.74 Å². The summed E-state index contributed by atoms with van der Waals surface area (Å²) in [6.45, 7) is 9.40. The van der Waals surface area contributed by atoms with E-state index in [1.165, 1.54) is 0 Å². The molecule has 18 heavy (non-hydrogen) atoms. The summed E-state index contributed by atoms with van der Waals surface area (Å²) in [5.41, 5.74) is -0.295. The summed E-state index contributed by atoms with van der Waals surface area (Å²) in [5.74, 6) is 0.658. The van der Waals surface area contributed by atoms with Gasteiger partial charge in [-0.15, -0.1) is 0 Å². The minimum Gasteiger partial charge on any atom is -0.488 e. The van der Waals surface area contributed by atoms with Gasteiger partial charge in [0.25, 0.3) is 0 Å². The average Bonchev–Trinajstić information content (AvgIpc) is 2.13. The molecule has 0 aromatic heterocycles. The molecule has 0 fully saturated rings. The summed E-state index contributed by atoms with van der Waals surface area (Å²) in [5, 5.41) is 0. The number of benzene rings is 1. The molecule has 0 bridgehead atoms. The van der Waals surface area contributed by atoms with Crippen molar-refractivity contribution in [2.75, 3.05) is 0 Å². The molecule has 5 heteroatoms. The molecule has 0 saturated carbocycles. The van der Waals surface area contributed by atoms with Crippen molar-refractivity contribution in [2.45, 2.75) is 51.2 Å². The van der Waals surface area contributed by atoms with Crippen LogP contribution in [0.2, 0.25) is 0 Å². The molecule has 0 heterocycles. The molecule has 0 aliphatic heterocycles. The van der Waals surface area contributed by atoms with Crippen LogP contribution in [0.4, 0.5) is 0 Å². The Morgan fingerprint density at radius 3 is 2.00 bits per heavy atom. The van der Waals surface area contributed by atoms with E-state index in [0.717, 1.165) is 0 Å². The van der Waals surface area contributed by atoms with E-state index in [-0.39, 0.29) is 16.5 Å². The topological polar surface area (TPSA) is 55.4 Å². The number of ether oxygens (including phenoxy) is 1. The Hall–Kier alpha value is -1.07. The van der Waals surface area contributed by atoms with Gasteiger partial charge in [0.15, 0.2) is 0 Å². The zero-order valence-electron chi connectivity index (χ0n) is 11.5. The fourth-order valence-corrected chi connectivity index (χ4v) is 2.67. The quantitative estimate of drug-likeness (QED) is 0.915. The summed E-state index contributed by atoms with van der Waals surface area (Å²) in [4.78, 5) is 0.248. The Kier molecular flexibility index (Phi) is 4.40. The second-order valence-electron chi connectivity index (χ2n) is 5.46. The van der Waals surface area contributed by atoms with Crippen LogP contribution in [0, 0.1) is 0 Å². The van der Waals surface area contributed by atoms with Crippen molar-refractivity contribution in [1.82, 2.24) is 4.72 Å². The number of sulfonamides is 1. The second kappa shape index (κ2) is 5.28. The van der Waals surface area contributed by atoms with Crippen molar-refractivity contribution in [1.29, 1.82) is 0 Å². The molecule has 1 N–H and O–H groups in total. The fourth-order valence-electron chi connectivity index (χ4n) is 1.42. The highest BCUT2D eigenvalue weighted by atomic mass is 32.2. The number of rotatable bonds is 4. The molecule has 1 aromatic carbocycles. The van der Waals surface area contributed by atoms with Crippen LogP contribution in [0.1, 0.15) is 34.6 Å². The lowest BCUT2D eigenvalue weighted by atomic mass is 10.2. The van der Waals surface area contributed by atoms with Gasteiger partial charge in [0, 0.05) is 6.04 Å². The van der Waals surface area contributed by atoms with Crippen LogP contribution in [0.15, 0.2) is 29.2 Å². The van der Waals surface area contributed by atoms with E-state index in [9.17, 15) is 8.42 Å². The Bertz CT molecular complexity index is 484. The minimum absolute atomic E-state index is 0.125. The van der Waals surface area contributed by atoms with Crippen molar-refractivity contribution in [2.24, 2.45) is 0 Å². The SMILES string of the molecule is CC(C)NS(=O)(=O)c1ccc(OC(C)(C)C)cc1. The summed E-state index contributed by atoms with van der Waals surface area (Å²) in [7, 11) is -3.43. The Morgan fingerprint density at radius 2 is 1.61 bits per heavy atom. The lowest BCUT2D eigenvalue weighted by molar-refractivity contribution is 0.131. The van der Waals surface area contributed by atoms with Crippen molar-refractivity contribution in [3.63, 3.8) is 0 Å². The Morgan fingerprint density at radius 1 is 1.11 bits per heavy atom. The zero-order valence-corrected chi connectivity index (χ0v) is 12.3. The molecule has 4 nitrogen and oxygen atoms in total. The molecular formula is C13H21NO3S. The highest BCUT2D eigenvalue weighted by molar-refractivity contribution is 7.89. The van der Waals surface area contributed by atoms with E-state index in [2.05, 4.69) is 4.72 Å². The van der Waals surface area contributed by atoms with E-state index in [4.69, 9.17) is 4.74 Å². The third-order valence-corrected chi connectivity index (χ3v) is 3.62. The maximum Gasteiger partial charge on any atom is 0.240 e. The first kappa shape index (κ1) is 15.0. The highest BCUT2D eigenvalue weighted by Gasteiger charge is 2.16. The van der Waals surface area contributed by atoms with Crippen LogP contribution in [0.5, 0.6) is 5.75 Å². The van der Waals surface area contributed by atoms with Crippen LogP contribution in [-0.2, 0) is 10.0 Å². The van der Waals surface area contributed by atoms with E-state index < -0.39 is 10.0 Å². The average molecular weight is 271 g/mol. The summed E-state index contributed by atoms with van der Waals surface area (Å²) in [6, 6.07) is 6.30. The van der Waals surface area contributed by atoms with Gasteiger partial charge in [-0.3, -0.25) is 0 Å². The number of nitrogens with one attached hydrogen (secondary N) is 1. The highest BCUT2D eigenvalue weighted by Crippen LogP contribution is 2.20. The molecule has 0 aliphatic rings. The molecule has 0 atom stereocenters. The van der Waals surface area contributed by atoms with Crippen LogP contribution in [0.3, 0.4) is 0 Å². The van der Waals surface area contributed by atoms with E-state index in [1.807, 2.05) is 20.8 Å². The monoisotopic (exact) mass is 271 g/mol. The van der Waals surface area contributed by atoms with Gasteiger partial charge in [0.1, 0.15) is 11.4 Å². The standard InChI is InChI=1S/C13H21NO3S/c1-10(2)14-18(15,16)12-8-6-11(7-9-12)17-13(3,4)5/h6-10,14H,1-5H3. The predicted molar refractivity (Wildman–Crippen MR) is 72.3 cm³/mol. The van der Waals surface area contributed by atoms with E-state index in [0.29, 0.717) is 5.75 Å². The molecule has 0 saturated heterocycles. The van der Waals surface area contributed by atoms with Gasteiger partial charge in [-0.25, -0.2) is 13.1 Å². The number of hydrogen-bond acceptors (Lipinski definition) is 3. The van der Waals surface area contributed by atoms with Crippen LogP contribution < -0.4 is 9.46 Å². The van der Waals surface area contributed by atoms with Crippen molar-refractivity contribution < 1.29 is 13.2 Å². The first-order valence-corrected chi connectivity index (χ1v) is 7.40. The van der Waals surface area contributed by atoms with Gasteiger partial charge in [0.2, 0.25) is 10.0 Å².